The molecule has 0 amide bonds. The molecule has 1 aliphatic heterocycles. The Bertz CT molecular complexity index is 773. The SMILES string of the molecule is NC1=N[C@@H](c2cccs2)n2nc3ncccc3c2N1. The van der Waals surface area contributed by atoms with Crippen molar-refractivity contribution in [2.24, 2.45) is 10.7 Å². The van der Waals surface area contributed by atoms with E-state index in [1.807, 2.05) is 34.3 Å². The molecule has 0 unspecified atom stereocenters. The molecule has 0 saturated carbocycles. The van der Waals surface area contributed by atoms with Crippen molar-refractivity contribution in [3.05, 3.63) is 40.7 Å². The van der Waals surface area contributed by atoms with Crippen molar-refractivity contribution in [2.45, 2.75) is 6.17 Å². The zero-order valence-electron chi connectivity index (χ0n) is 9.82. The fraction of sp³-hybridized carbons (Fsp3) is 0.0833. The number of rotatable bonds is 1. The van der Waals surface area contributed by atoms with Gasteiger partial charge in [-0.1, -0.05) is 6.07 Å². The molecule has 1 atom stereocenters. The number of guanidine groups is 1. The van der Waals surface area contributed by atoms with Crippen LogP contribution in [0.15, 0.2) is 40.8 Å². The minimum Gasteiger partial charge on any atom is -0.370 e. The second kappa shape index (κ2) is 3.79. The molecule has 0 aromatic carbocycles. The maximum absolute atomic E-state index is 5.88. The van der Waals surface area contributed by atoms with Crippen LogP contribution in [0.2, 0.25) is 0 Å². The van der Waals surface area contributed by atoms with E-state index in [4.69, 9.17) is 5.73 Å². The van der Waals surface area contributed by atoms with E-state index >= 15 is 0 Å². The minimum atomic E-state index is -0.217. The number of aliphatic imine (C=N–C) groups is 1. The fourth-order valence-corrected chi connectivity index (χ4v) is 2.95. The number of anilines is 1. The number of aromatic nitrogens is 3. The summed E-state index contributed by atoms with van der Waals surface area (Å²) < 4.78 is 1.83. The van der Waals surface area contributed by atoms with E-state index < -0.39 is 0 Å². The lowest BCUT2D eigenvalue weighted by molar-refractivity contribution is 0.555. The first kappa shape index (κ1) is 10.5. The summed E-state index contributed by atoms with van der Waals surface area (Å²) in [5, 5.41) is 10.5. The van der Waals surface area contributed by atoms with Gasteiger partial charge in [0.15, 0.2) is 17.8 Å². The first-order valence-corrected chi connectivity index (χ1v) is 6.68. The molecule has 3 N–H and O–H groups in total. The quantitative estimate of drug-likeness (QED) is 0.706. The van der Waals surface area contributed by atoms with Gasteiger partial charge >= 0.3 is 0 Å². The molecule has 1 aliphatic rings. The molecule has 0 bridgehead atoms. The number of fused-ring (bicyclic) bond motifs is 3. The van der Waals surface area contributed by atoms with E-state index in [9.17, 15) is 0 Å². The van der Waals surface area contributed by atoms with E-state index in [2.05, 4.69) is 20.4 Å². The lowest BCUT2D eigenvalue weighted by atomic mass is 10.3. The van der Waals surface area contributed by atoms with Crippen LogP contribution in [0.5, 0.6) is 0 Å². The standard InChI is InChI=1S/C12H10N6S/c13-12-15-10-7-3-1-5-14-9(7)17-18(10)11(16-12)8-4-2-6-19-8/h1-6,11H,(H3,13,15,16)/t11-/m1/s1. The summed E-state index contributed by atoms with van der Waals surface area (Å²) in [7, 11) is 0. The van der Waals surface area contributed by atoms with Crippen LogP contribution < -0.4 is 11.1 Å². The number of hydrogen-bond donors (Lipinski definition) is 2. The molecule has 6 nitrogen and oxygen atoms in total. The van der Waals surface area contributed by atoms with E-state index in [0.29, 0.717) is 11.6 Å². The molecule has 0 radical (unpaired) electrons. The third kappa shape index (κ3) is 1.52. The van der Waals surface area contributed by atoms with Crippen LogP contribution in [0.1, 0.15) is 11.0 Å². The third-order valence-electron chi connectivity index (χ3n) is 3.01. The van der Waals surface area contributed by atoms with Gasteiger partial charge in [-0.15, -0.1) is 16.4 Å². The Morgan fingerprint density at radius 1 is 1.32 bits per heavy atom. The normalized spacial score (nSPS) is 17.9. The van der Waals surface area contributed by atoms with Crippen molar-refractivity contribution in [1.82, 2.24) is 14.8 Å². The largest absolute Gasteiger partial charge is 0.370 e. The molecular weight excluding hydrogens is 260 g/mol. The number of thiophene rings is 1. The number of nitrogens with two attached hydrogens (primary N) is 1. The maximum Gasteiger partial charge on any atom is 0.196 e. The van der Waals surface area contributed by atoms with Gasteiger partial charge in [0.1, 0.15) is 5.82 Å². The molecule has 3 aromatic heterocycles. The molecule has 7 heteroatoms. The Hall–Kier alpha value is -2.41. The lowest BCUT2D eigenvalue weighted by Crippen LogP contribution is -2.31. The van der Waals surface area contributed by atoms with Crippen molar-refractivity contribution in [3.63, 3.8) is 0 Å². The van der Waals surface area contributed by atoms with Crippen LogP contribution >= 0.6 is 11.3 Å². The van der Waals surface area contributed by atoms with Gasteiger partial charge in [-0.3, -0.25) is 0 Å². The van der Waals surface area contributed by atoms with Crippen molar-refractivity contribution < 1.29 is 0 Å². The van der Waals surface area contributed by atoms with Gasteiger partial charge in [-0.2, -0.15) is 0 Å². The molecule has 94 valence electrons. The zero-order chi connectivity index (χ0) is 12.8. The predicted octanol–water partition coefficient (Wildman–Crippen LogP) is 1.78. The molecule has 0 aliphatic carbocycles. The van der Waals surface area contributed by atoms with Gasteiger partial charge in [0, 0.05) is 6.20 Å². The van der Waals surface area contributed by atoms with Gasteiger partial charge in [-0.25, -0.2) is 14.7 Å². The Balaban J connectivity index is 1.98. The van der Waals surface area contributed by atoms with Gasteiger partial charge in [0.05, 0.1) is 10.3 Å². The van der Waals surface area contributed by atoms with Crippen LogP contribution in [0.3, 0.4) is 0 Å². The van der Waals surface area contributed by atoms with Gasteiger partial charge in [0.25, 0.3) is 0 Å². The lowest BCUT2D eigenvalue weighted by Gasteiger charge is -2.21. The average Bonchev–Trinajstić information content (AvgIpc) is 3.05. The number of hydrogen-bond acceptors (Lipinski definition) is 6. The van der Waals surface area contributed by atoms with Crippen LogP contribution in [0.4, 0.5) is 5.82 Å². The Kier molecular flexibility index (Phi) is 2.10. The highest BCUT2D eigenvalue weighted by atomic mass is 32.1. The highest BCUT2D eigenvalue weighted by Gasteiger charge is 2.25. The number of pyridine rings is 1. The third-order valence-corrected chi connectivity index (χ3v) is 3.92. The fourth-order valence-electron chi connectivity index (χ4n) is 2.20. The number of nitrogens with one attached hydrogen (secondary N) is 1. The molecule has 4 heterocycles. The van der Waals surface area contributed by atoms with Gasteiger partial charge in [-0.05, 0) is 23.6 Å². The Morgan fingerprint density at radius 2 is 2.26 bits per heavy atom. The second-order valence-electron chi connectivity index (χ2n) is 4.20. The van der Waals surface area contributed by atoms with Crippen molar-refractivity contribution >= 4 is 34.1 Å². The van der Waals surface area contributed by atoms with Crippen LogP contribution in [0.25, 0.3) is 11.0 Å². The average molecular weight is 270 g/mol. The van der Waals surface area contributed by atoms with Crippen molar-refractivity contribution in [3.8, 4) is 0 Å². The summed E-state index contributed by atoms with van der Waals surface area (Å²) in [6, 6.07) is 7.88. The molecule has 0 fully saturated rings. The number of nitrogens with zero attached hydrogens (tertiary/aromatic N) is 4. The Labute approximate surface area is 112 Å². The predicted molar refractivity (Wildman–Crippen MR) is 75.2 cm³/mol. The van der Waals surface area contributed by atoms with E-state index in [-0.39, 0.29) is 6.17 Å². The minimum absolute atomic E-state index is 0.217. The Morgan fingerprint density at radius 3 is 3.11 bits per heavy atom. The first-order chi connectivity index (χ1) is 9.33. The van der Waals surface area contributed by atoms with E-state index in [1.165, 1.54) is 0 Å². The first-order valence-electron chi connectivity index (χ1n) is 5.80. The highest BCUT2D eigenvalue weighted by Crippen LogP contribution is 2.33. The topological polar surface area (TPSA) is 81.1 Å². The summed E-state index contributed by atoms with van der Waals surface area (Å²) in [6.07, 6.45) is 1.51. The van der Waals surface area contributed by atoms with Crippen LogP contribution in [-0.2, 0) is 0 Å². The summed E-state index contributed by atoms with van der Waals surface area (Å²) in [6.45, 7) is 0. The summed E-state index contributed by atoms with van der Waals surface area (Å²) in [5.41, 5.74) is 6.57. The molecule has 0 saturated heterocycles. The van der Waals surface area contributed by atoms with Crippen LogP contribution in [0, 0.1) is 0 Å². The summed E-state index contributed by atoms with van der Waals surface area (Å²) in [4.78, 5) is 9.79. The second-order valence-corrected chi connectivity index (χ2v) is 5.18. The zero-order valence-corrected chi connectivity index (χ0v) is 10.6. The highest BCUT2D eigenvalue weighted by molar-refractivity contribution is 7.10. The van der Waals surface area contributed by atoms with E-state index in [1.54, 1.807) is 17.5 Å². The van der Waals surface area contributed by atoms with Crippen molar-refractivity contribution in [1.29, 1.82) is 0 Å². The van der Waals surface area contributed by atoms with Gasteiger partial charge in [0.2, 0.25) is 0 Å². The van der Waals surface area contributed by atoms with E-state index in [0.717, 1.165) is 16.1 Å². The summed E-state index contributed by atoms with van der Waals surface area (Å²) in [5.74, 6) is 1.24. The van der Waals surface area contributed by atoms with Gasteiger partial charge < -0.3 is 11.1 Å². The maximum atomic E-state index is 5.88. The summed E-state index contributed by atoms with van der Waals surface area (Å²) >= 11 is 1.63. The molecule has 4 rings (SSSR count). The monoisotopic (exact) mass is 270 g/mol. The molecule has 19 heavy (non-hydrogen) atoms. The molecular formula is C12H10N6S. The molecule has 3 aromatic rings. The molecule has 0 spiro atoms. The van der Waals surface area contributed by atoms with Crippen molar-refractivity contribution in [2.75, 3.05) is 5.32 Å². The smallest absolute Gasteiger partial charge is 0.196 e. The van der Waals surface area contributed by atoms with Crippen LogP contribution in [-0.4, -0.2) is 20.7 Å².